The Balaban J connectivity index is 1.67. The summed E-state index contributed by atoms with van der Waals surface area (Å²) in [4.78, 5) is 22.2. The van der Waals surface area contributed by atoms with Crippen molar-refractivity contribution in [1.82, 2.24) is 25.3 Å². The standard InChI is InChI=1S/C14H17N5O2/c1-19(9-10-5-2-3-7-15-10)14(20)12-17-13(21-18-12)11-6-4-8-16-11/h2-3,5,7,11,16H,4,6,8-9H2,1H3. The normalized spacial score (nSPS) is 17.9. The van der Waals surface area contributed by atoms with Crippen molar-refractivity contribution < 1.29 is 9.32 Å². The van der Waals surface area contributed by atoms with Gasteiger partial charge in [0.1, 0.15) is 0 Å². The van der Waals surface area contributed by atoms with Crippen LogP contribution in [0.1, 0.15) is 41.1 Å². The van der Waals surface area contributed by atoms with Crippen molar-refractivity contribution in [3.05, 3.63) is 41.8 Å². The maximum atomic E-state index is 12.3. The van der Waals surface area contributed by atoms with Crippen molar-refractivity contribution in [3.8, 4) is 0 Å². The van der Waals surface area contributed by atoms with Gasteiger partial charge in [-0.1, -0.05) is 11.2 Å². The van der Waals surface area contributed by atoms with Crippen LogP contribution in [0, 0.1) is 0 Å². The van der Waals surface area contributed by atoms with Crippen LogP contribution < -0.4 is 5.32 Å². The summed E-state index contributed by atoms with van der Waals surface area (Å²) in [5, 5.41) is 7.05. The zero-order chi connectivity index (χ0) is 14.7. The van der Waals surface area contributed by atoms with Gasteiger partial charge in [-0.25, -0.2) is 0 Å². The minimum atomic E-state index is -0.270. The molecule has 0 aliphatic carbocycles. The maximum absolute atomic E-state index is 12.3. The molecule has 2 aromatic heterocycles. The van der Waals surface area contributed by atoms with Crippen LogP contribution in [0.3, 0.4) is 0 Å². The number of pyridine rings is 1. The van der Waals surface area contributed by atoms with E-state index >= 15 is 0 Å². The van der Waals surface area contributed by atoms with Gasteiger partial charge in [0.05, 0.1) is 18.3 Å². The lowest BCUT2D eigenvalue weighted by molar-refractivity contribution is 0.0768. The molecule has 1 saturated heterocycles. The first-order chi connectivity index (χ1) is 10.2. The first kappa shape index (κ1) is 13.7. The zero-order valence-corrected chi connectivity index (χ0v) is 11.8. The number of hydrogen-bond donors (Lipinski definition) is 1. The van der Waals surface area contributed by atoms with E-state index < -0.39 is 0 Å². The largest absolute Gasteiger partial charge is 0.337 e. The van der Waals surface area contributed by atoms with Gasteiger partial charge < -0.3 is 14.7 Å². The smallest absolute Gasteiger partial charge is 0.295 e. The highest BCUT2D eigenvalue weighted by molar-refractivity contribution is 5.90. The van der Waals surface area contributed by atoms with Gasteiger partial charge in [0.25, 0.3) is 11.7 Å². The molecule has 3 heterocycles. The number of nitrogens with one attached hydrogen (secondary N) is 1. The molecule has 1 aliphatic heterocycles. The van der Waals surface area contributed by atoms with Crippen LogP contribution in [0.4, 0.5) is 0 Å². The first-order valence-corrected chi connectivity index (χ1v) is 6.96. The van der Waals surface area contributed by atoms with Crippen molar-refractivity contribution in [3.63, 3.8) is 0 Å². The third-order valence-corrected chi connectivity index (χ3v) is 3.46. The molecule has 21 heavy (non-hydrogen) atoms. The number of hydrogen-bond acceptors (Lipinski definition) is 6. The highest BCUT2D eigenvalue weighted by atomic mass is 16.5. The Kier molecular flexibility index (Phi) is 3.92. The summed E-state index contributed by atoms with van der Waals surface area (Å²) >= 11 is 0. The molecule has 1 atom stereocenters. The molecule has 0 aromatic carbocycles. The first-order valence-electron chi connectivity index (χ1n) is 6.96. The molecule has 0 spiro atoms. The van der Waals surface area contributed by atoms with E-state index in [0.29, 0.717) is 12.4 Å². The molecular weight excluding hydrogens is 270 g/mol. The number of carbonyl (C=O) groups excluding carboxylic acids is 1. The molecule has 0 saturated carbocycles. The van der Waals surface area contributed by atoms with E-state index in [1.165, 1.54) is 4.90 Å². The van der Waals surface area contributed by atoms with Crippen LogP contribution in [-0.2, 0) is 6.54 Å². The van der Waals surface area contributed by atoms with Gasteiger partial charge in [0.2, 0.25) is 5.89 Å². The van der Waals surface area contributed by atoms with E-state index in [4.69, 9.17) is 4.52 Å². The average Bonchev–Trinajstić information content (AvgIpc) is 3.18. The molecule has 0 radical (unpaired) electrons. The van der Waals surface area contributed by atoms with Crippen molar-refractivity contribution in [2.75, 3.05) is 13.6 Å². The SMILES string of the molecule is CN(Cc1ccccn1)C(=O)c1noc(C2CCCN2)n1. The molecular formula is C14H17N5O2. The Morgan fingerprint density at radius 3 is 3.14 bits per heavy atom. The summed E-state index contributed by atoms with van der Waals surface area (Å²) in [5.74, 6) is 0.313. The number of aromatic nitrogens is 3. The molecule has 7 heteroatoms. The van der Waals surface area contributed by atoms with Crippen LogP contribution in [0.5, 0.6) is 0 Å². The lowest BCUT2D eigenvalue weighted by atomic mass is 10.2. The van der Waals surface area contributed by atoms with Gasteiger partial charge in [-0.3, -0.25) is 9.78 Å². The predicted molar refractivity (Wildman–Crippen MR) is 74.3 cm³/mol. The Labute approximate surface area is 122 Å². The summed E-state index contributed by atoms with van der Waals surface area (Å²) in [6, 6.07) is 5.66. The van der Waals surface area contributed by atoms with E-state index in [1.54, 1.807) is 13.2 Å². The molecule has 110 valence electrons. The summed E-state index contributed by atoms with van der Waals surface area (Å²) in [6.07, 6.45) is 3.74. The van der Waals surface area contributed by atoms with Gasteiger partial charge in [0, 0.05) is 13.2 Å². The Hall–Kier alpha value is -2.28. The lowest BCUT2D eigenvalue weighted by Gasteiger charge is -2.14. The van der Waals surface area contributed by atoms with Gasteiger partial charge in [-0.2, -0.15) is 4.98 Å². The maximum Gasteiger partial charge on any atom is 0.295 e. The molecule has 7 nitrogen and oxygen atoms in total. The van der Waals surface area contributed by atoms with Gasteiger partial charge in [-0.05, 0) is 31.5 Å². The third kappa shape index (κ3) is 3.08. The second kappa shape index (κ2) is 6.01. The summed E-state index contributed by atoms with van der Waals surface area (Å²) in [5.41, 5.74) is 0.814. The van der Waals surface area contributed by atoms with Gasteiger partial charge in [0.15, 0.2) is 0 Å². The van der Waals surface area contributed by atoms with Crippen LogP contribution >= 0.6 is 0 Å². The minimum Gasteiger partial charge on any atom is -0.337 e. The van der Waals surface area contributed by atoms with Gasteiger partial charge in [-0.15, -0.1) is 0 Å². The van der Waals surface area contributed by atoms with E-state index in [9.17, 15) is 4.79 Å². The van der Waals surface area contributed by atoms with Crippen LogP contribution in [0.25, 0.3) is 0 Å². The average molecular weight is 287 g/mol. The number of carbonyl (C=O) groups is 1. The highest BCUT2D eigenvalue weighted by Gasteiger charge is 2.25. The molecule has 1 aliphatic rings. The van der Waals surface area contributed by atoms with Crippen LogP contribution in [-0.4, -0.2) is 39.5 Å². The zero-order valence-electron chi connectivity index (χ0n) is 11.8. The molecule has 2 aromatic rings. The topological polar surface area (TPSA) is 84.2 Å². The number of rotatable bonds is 4. The monoisotopic (exact) mass is 287 g/mol. The third-order valence-electron chi connectivity index (χ3n) is 3.46. The van der Waals surface area contributed by atoms with E-state index in [0.717, 1.165) is 25.1 Å². The Bertz CT molecular complexity index is 607. The minimum absolute atomic E-state index is 0.0696. The van der Waals surface area contributed by atoms with Crippen LogP contribution in [0.15, 0.2) is 28.9 Å². The van der Waals surface area contributed by atoms with Crippen LogP contribution in [0.2, 0.25) is 0 Å². The summed E-state index contributed by atoms with van der Waals surface area (Å²) in [7, 11) is 1.70. The second-order valence-electron chi connectivity index (χ2n) is 5.09. The molecule has 1 N–H and O–H groups in total. The molecule has 0 bridgehead atoms. The summed E-state index contributed by atoms with van der Waals surface area (Å²) in [6.45, 7) is 1.35. The van der Waals surface area contributed by atoms with Crippen molar-refractivity contribution in [1.29, 1.82) is 0 Å². The fourth-order valence-corrected chi connectivity index (χ4v) is 2.34. The predicted octanol–water partition coefficient (Wildman–Crippen LogP) is 1.16. The quantitative estimate of drug-likeness (QED) is 0.908. The number of nitrogens with zero attached hydrogens (tertiary/aromatic N) is 4. The van der Waals surface area contributed by atoms with Crippen molar-refractivity contribution >= 4 is 5.91 Å². The molecule has 1 amide bonds. The van der Waals surface area contributed by atoms with E-state index in [2.05, 4.69) is 20.4 Å². The van der Waals surface area contributed by atoms with Gasteiger partial charge >= 0.3 is 0 Å². The molecule has 1 fully saturated rings. The second-order valence-corrected chi connectivity index (χ2v) is 5.09. The number of amides is 1. The molecule has 3 rings (SSSR count). The van der Waals surface area contributed by atoms with Crippen molar-refractivity contribution in [2.45, 2.75) is 25.4 Å². The summed E-state index contributed by atoms with van der Waals surface area (Å²) < 4.78 is 5.18. The Morgan fingerprint density at radius 2 is 2.43 bits per heavy atom. The highest BCUT2D eigenvalue weighted by Crippen LogP contribution is 2.21. The lowest BCUT2D eigenvalue weighted by Crippen LogP contribution is -2.27. The Morgan fingerprint density at radius 1 is 1.52 bits per heavy atom. The van der Waals surface area contributed by atoms with Crippen molar-refractivity contribution in [2.24, 2.45) is 0 Å². The van der Waals surface area contributed by atoms with E-state index in [1.807, 2.05) is 18.2 Å². The fraction of sp³-hybridized carbons (Fsp3) is 0.429. The molecule has 1 unspecified atom stereocenters. The fourth-order valence-electron chi connectivity index (χ4n) is 2.34. The van der Waals surface area contributed by atoms with E-state index in [-0.39, 0.29) is 17.8 Å².